The number of amides is 2. The molecule has 0 aliphatic carbocycles. The predicted octanol–water partition coefficient (Wildman–Crippen LogP) is 1.81. The first kappa shape index (κ1) is 20.1. The summed E-state index contributed by atoms with van der Waals surface area (Å²) in [6.07, 6.45) is 1.62. The van der Waals surface area contributed by atoms with Gasteiger partial charge in [0.2, 0.25) is 15.9 Å². The average molecular weight is 444 g/mol. The predicted molar refractivity (Wildman–Crippen MR) is 112 cm³/mol. The quantitative estimate of drug-likeness (QED) is 0.725. The Hall–Kier alpha value is -2.78. The summed E-state index contributed by atoms with van der Waals surface area (Å²) in [6, 6.07) is 8.75. The topological polar surface area (TPSA) is 78.0 Å². The van der Waals surface area contributed by atoms with Gasteiger partial charge in [0.25, 0.3) is 5.91 Å². The lowest BCUT2D eigenvalue weighted by Gasteiger charge is -2.34. The summed E-state index contributed by atoms with van der Waals surface area (Å²) in [5, 5.41) is 0. The fraction of sp³-hybridized carbons (Fsp3) is 0.364. The molecule has 7 nitrogen and oxygen atoms in total. The molecule has 1 fully saturated rings. The van der Waals surface area contributed by atoms with Gasteiger partial charge in [-0.2, -0.15) is 4.31 Å². The van der Waals surface area contributed by atoms with Gasteiger partial charge in [-0.3, -0.25) is 9.59 Å². The van der Waals surface area contributed by atoms with Crippen LogP contribution in [0.4, 0.5) is 10.1 Å². The molecular formula is C22H22FN3O4S. The third kappa shape index (κ3) is 3.41. The van der Waals surface area contributed by atoms with Crippen molar-refractivity contribution in [2.45, 2.75) is 24.2 Å². The number of aryl methyl sites for hydroxylation is 1. The number of anilines is 1. The van der Waals surface area contributed by atoms with Crippen LogP contribution in [-0.2, 0) is 27.7 Å². The average Bonchev–Trinajstić information content (AvgIpc) is 3.22. The van der Waals surface area contributed by atoms with Gasteiger partial charge in [0, 0.05) is 44.7 Å². The van der Waals surface area contributed by atoms with E-state index in [1.165, 1.54) is 28.6 Å². The molecule has 0 aromatic heterocycles. The van der Waals surface area contributed by atoms with E-state index >= 15 is 0 Å². The zero-order valence-corrected chi connectivity index (χ0v) is 17.7. The van der Waals surface area contributed by atoms with Crippen LogP contribution in [0.1, 0.15) is 27.9 Å². The zero-order chi connectivity index (χ0) is 21.8. The van der Waals surface area contributed by atoms with Crippen molar-refractivity contribution >= 4 is 27.5 Å². The molecule has 0 radical (unpaired) electrons. The van der Waals surface area contributed by atoms with Crippen molar-refractivity contribution in [2.75, 3.05) is 37.6 Å². The lowest BCUT2D eigenvalue weighted by atomic mass is 10.00. The van der Waals surface area contributed by atoms with Gasteiger partial charge in [-0.25, -0.2) is 12.8 Å². The molecule has 0 unspecified atom stereocenters. The Morgan fingerprint density at radius 2 is 1.52 bits per heavy atom. The van der Waals surface area contributed by atoms with Crippen molar-refractivity contribution in [1.29, 1.82) is 0 Å². The summed E-state index contributed by atoms with van der Waals surface area (Å²) < 4.78 is 41.1. The van der Waals surface area contributed by atoms with E-state index < -0.39 is 15.8 Å². The van der Waals surface area contributed by atoms with Gasteiger partial charge in [0.15, 0.2) is 0 Å². The number of nitrogens with zero attached hydrogens (tertiary/aromatic N) is 3. The van der Waals surface area contributed by atoms with Gasteiger partial charge in [0.05, 0.1) is 10.6 Å². The number of carbonyl (C=O) groups excluding carboxylic acids is 2. The van der Waals surface area contributed by atoms with E-state index in [4.69, 9.17) is 0 Å². The van der Waals surface area contributed by atoms with Gasteiger partial charge in [-0.05, 0) is 60.4 Å². The van der Waals surface area contributed by atoms with E-state index in [-0.39, 0.29) is 42.9 Å². The van der Waals surface area contributed by atoms with Gasteiger partial charge >= 0.3 is 0 Å². The van der Waals surface area contributed by atoms with E-state index in [0.717, 1.165) is 16.8 Å². The van der Waals surface area contributed by atoms with Crippen LogP contribution in [0.5, 0.6) is 0 Å². The number of piperazine rings is 1. The number of halogens is 1. The highest BCUT2D eigenvalue weighted by molar-refractivity contribution is 7.89. The molecule has 3 aliphatic rings. The molecule has 0 N–H and O–H groups in total. The van der Waals surface area contributed by atoms with Crippen LogP contribution in [-0.4, -0.2) is 62.2 Å². The molecule has 162 valence electrons. The first-order valence-corrected chi connectivity index (χ1v) is 11.8. The van der Waals surface area contributed by atoms with Crippen molar-refractivity contribution in [2.24, 2.45) is 0 Å². The molecular weight excluding hydrogens is 421 g/mol. The van der Waals surface area contributed by atoms with E-state index in [1.807, 2.05) is 0 Å². The van der Waals surface area contributed by atoms with Crippen LogP contribution in [0.25, 0.3) is 0 Å². The maximum Gasteiger partial charge on any atom is 0.253 e. The molecule has 0 saturated carbocycles. The minimum absolute atomic E-state index is 0.101. The second-order valence-electron chi connectivity index (χ2n) is 8.09. The Bertz CT molecular complexity index is 1170. The zero-order valence-electron chi connectivity index (χ0n) is 16.9. The molecule has 2 aromatic carbocycles. The number of benzene rings is 2. The van der Waals surface area contributed by atoms with Crippen LogP contribution in [0.15, 0.2) is 41.3 Å². The summed E-state index contributed by atoms with van der Waals surface area (Å²) in [5.41, 5.74) is 3.10. The third-order valence-corrected chi connectivity index (χ3v) is 8.16. The Morgan fingerprint density at radius 3 is 2.19 bits per heavy atom. The van der Waals surface area contributed by atoms with Gasteiger partial charge < -0.3 is 9.80 Å². The molecule has 2 aromatic rings. The van der Waals surface area contributed by atoms with E-state index in [9.17, 15) is 22.4 Å². The van der Waals surface area contributed by atoms with Crippen LogP contribution in [0.2, 0.25) is 0 Å². The maximum atomic E-state index is 13.3. The molecule has 3 aliphatic heterocycles. The summed E-state index contributed by atoms with van der Waals surface area (Å²) >= 11 is 0. The fourth-order valence-electron chi connectivity index (χ4n) is 4.63. The Kier molecular flexibility index (Phi) is 4.82. The first-order chi connectivity index (χ1) is 14.8. The third-order valence-electron chi connectivity index (χ3n) is 6.28. The monoisotopic (exact) mass is 443 g/mol. The fourth-order valence-corrected chi connectivity index (χ4v) is 6.16. The minimum atomic E-state index is -3.70. The van der Waals surface area contributed by atoms with Crippen LogP contribution in [0, 0.1) is 5.82 Å². The number of hydrogen-bond donors (Lipinski definition) is 0. The van der Waals surface area contributed by atoms with E-state index in [0.29, 0.717) is 31.4 Å². The van der Waals surface area contributed by atoms with Crippen LogP contribution < -0.4 is 4.90 Å². The van der Waals surface area contributed by atoms with Gasteiger partial charge in [-0.1, -0.05) is 0 Å². The minimum Gasteiger partial charge on any atom is -0.336 e. The van der Waals surface area contributed by atoms with E-state index in [2.05, 4.69) is 0 Å². The van der Waals surface area contributed by atoms with Crippen molar-refractivity contribution in [3.8, 4) is 0 Å². The van der Waals surface area contributed by atoms with Crippen molar-refractivity contribution in [1.82, 2.24) is 9.21 Å². The molecule has 5 rings (SSSR count). The van der Waals surface area contributed by atoms with Crippen molar-refractivity contribution in [3.63, 3.8) is 0 Å². The molecule has 9 heteroatoms. The van der Waals surface area contributed by atoms with E-state index in [1.54, 1.807) is 21.9 Å². The number of sulfonamides is 1. The highest BCUT2D eigenvalue weighted by atomic mass is 32.2. The first-order valence-electron chi connectivity index (χ1n) is 10.4. The number of carbonyl (C=O) groups is 2. The van der Waals surface area contributed by atoms with Crippen LogP contribution in [0.3, 0.4) is 0 Å². The molecule has 0 atom stereocenters. The smallest absolute Gasteiger partial charge is 0.253 e. The number of rotatable bonds is 3. The number of hydrogen-bond acceptors (Lipinski definition) is 4. The molecule has 0 spiro atoms. The second kappa shape index (κ2) is 7.42. The van der Waals surface area contributed by atoms with Crippen molar-refractivity contribution in [3.05, 3.63) is 58.9 Å². The molecule has 31 heavy (non-hydrogen) atoms. The molecule has 0 bridgehead atoms. The SMILES string of the molecule is O=C(c1ccc(F)cc1)N1CCN(S(=O)(=O)c2cc3c4c(c2)CCN4C(=O)CC3)CC1. The lowest BCUT2D eigenvalue weighted by Crippen LogP contribution is -2.50. The lowest BCUT2D eigenvalue weighted by molar-refractivity contribution is -0.118. The highest BCUT2D eigenvalue weighted by Crippen LogP contribution is 2.39. The van der Waals surface area contributed by atoms with Crippen molar-refractivity contribution < 1.29 is 22.4 Å². The molecule has 2 amide bonds. The Labute approximate surface area is 180 Å². The highest BCUT2D eigenvalue weighted by Gasteiger charge is 2.35. The van der Waals surface area contributed by atoms with Gasteiger partial charge in [-0.15, -0.1) is 0 Å². The Morgan fingerprint density at radius 1 is 0.871 bits per heavy atom. The largest absolute Gasteiger partial charge is 0.336 e. The standard InChI is InChI=1S/C22H22FN3O4S/c23-18-4-1-15(2-5-18)22(28)24-9-11-25(12-10-24)31(29,30)19-13-16-3-6-20(27)26-8-7-17(14-19)21(16)26/h1-2,4-5,13-14H,3,6-12H2. The summed E-state index contributed by atoms with van der Waals surface area (Å²) in [6.45, 7) is 1.55. The summed E-state index contributed by atoms with van der Waals surface area (Å²) in [5.74, 6) is -0.541. The normalized spacial score (nSPS) is 18.9. The summed E-state index contributed by atoms with van der Waals surface area (Å²) in [7, 11) is -3.70. The van der Waals surface area contributed by atoms with Crippen LogP contribution >= 0.6 is 0 Å². The Balaban J connectivity index is 1.33. The summed E-state index contributed by atoms with van der Waals surface area (Å²) in [4.78, 5) is 28.3. The van der Waals surface area contributed by atoms with Gasteiger partial charge in [0.1, 0.15) is 5.82 Å². The molecule has 1 saturated heterocycles. The molecule has 3 heterocycles. The second-order valence-corrected chi connectivity index (χ2v) is 10.0. The maximum absolute atomic E-state index is 13.3.